The molecule has 0 spiro atoms. The third kappa shape index (κ3) is 3.42. The minimum atomic E-state index is -0.441. The largest absolute Gasteiger partial charge is 0.497 e. The molecule has 2 heterocycles. The standard InChI is InChI=1S/C17H20N4O4/c1-20-10-12(8-18-20)19-17(23)11-6-16(22)21(9-11)14-7-13(24-2)4-5-15(14)25-3/h4-5,7-8,10-11H,6,9H2,1-3H3,(H,19,23)/t11-/m0/s1. The van der Waals surface area contributed by atoms with E-state index in [2.05, 4.69) is 10.4 Å². The molecule has 0 unspecified atom stereocenters. The van der Waals surface area contributed by atoms with Crippen LogP contribution in [0.3, 0.4) is 0 Å². The van der Waals surface area contributed by atoms with Crippen molar-refractivity contribution in [1.29, 1.82) is 0 Å². The van der Waals surface area contributed by atoms with Crippen LogP contribution < -0.4 is 19.7 Å². The quantitative estimate of drug-likeness (QED) is 0.887. The van der Waals surface area contributed by atoms with Gasteiger partial charge in [0.25, 0.3) is 0 Å². The monoisotopic (exact) mass is 344 g/mol. The molecule has 1 N–H and O–H groups in total. The lowest BCUT2D eigenvalue weighted by Gasteiger charge is -2.20. The Hall–Kier alpha value is -3.03. The van der Waals surface area contributed by atoms with Gasteiger partial charge in [0.15, 0.2) is 0 Å². The number of nitrogens with one attached hydrogen (secondary N) is 1. The summed E-state index contributed by atoms with van der Waals surface area (Å²) in [6.07, 6.45) is 3.42. The fraction of sp³-hybridized carbons (Fsp3) is 0.353. The summed E-state index contributed by atoms with van der Waals surface area (Å²) in [6.45, 7) is 0.286. The second-order valence-electron chi connectivity index (χ2n) is 5.84. The first-order valence-corrected chi connectivity index (χ1v) is 7.83. The van der Waals surface area contributed by atoms with E-state index in [9.17, 15) is 9.59 Å². The van der Waals surface area contributed by atoms with Gasteiger partial charge in [0.1, 0.15) is 11.5 Å². The van der Waals surface area contributed by atoms with E-state index in [1.165, 1.54) is 0 Å². The van der Waals surface area contributed by atoms with Crippen molar-refractivity contribution >= 4 is 23.2 Å². The van der Waals surface area contributed by atoms with E-state index in [0.29, 0.717) is 22.9 Å². The van der Waals surface area contributed by atoms with E-state index >= 15 is 0 Å². The van der Waals surface area contributed by atoms with Gasteiger partial charge in [-0.3, -0.25) is 14.3 Å². The lowest BCUT2D eigenvalue weighted by molar-refractivity contribution is -0.122. The number of carbonyl (C=O) groups excluding carboxylic acids is 2. The van der Waals surface area contributed by atoms with Gasteiger partial charge in [-0.1, -0.05) is 0 Å². The summed E-state index contributed by atoms with van der Waals surface area (Å²) >= 11 is 0. The third-order valence-electron chi connectivity index (χ3n) is 4.15. The first-order valence-electron chi connectivity index (χ1n) is 7.83. The molecule has 132 valence electrons. The van der Waals surface area contributed by atoms with Gasteiger partial charge in [-0.25, -0.2) is 0 Å². The average molecular weight is 344 g/mol. The van der Waals surface area contributed by atoms with Crippen molar-refractivity contribution in [3.63, 3.8) is 0 Å². The van der Waals surface area contributed by atoms with Crippen molar-refractivity contribution in [2.45, 2.75) is 6.42 Å². The number of methoxy groups -OCH3 is 2. The Balaban J connectivity index is 1.77. The topological polar surface area (TPSA) is 85.7 Å². The lowest BCUT2D eigenvalue weighted by Crippen LogP contribution is -2.28. The maximum Gasteiger partial charge on any atom is 0.229 e. The molecule has 1 aliphatic heterocycles. The summed E-state index contributed by atoms with van der Waals surface area (Å²) in [4.78, 5) is 26.5. The van der Waals surface area contributed by atoms with Gasteiger partial charge in [-0.05, 0) is 12.1 Å². The number of hydrogen-bond donors (Lipinski definition) is 1. The van der Waals surface area contributed by atoms with E-state index in [-0.39, 0.29) is 24.8 Å². The van der Waals surface area contributed by atoms with E-state index in [0.717, 1.165) is 0 Å². The molecule has 0 radical (unpaired) electrons. The molecule has 1 saturated heterocycles. The highest BCUT2D eigenvalue weighted by Gasteiger charge is 2.36. The van der Waals surface area contributed by atoms with Crippen molar-refractivity contribution < 1.29 is 19.1 Å². The minimum Gasteiger partial charge on any atom is -0.497 e. The van der Waals surface area contributed by atoms with Crippen LogP contribution in [0.2, 0.25) is 0 Å². The molecule has 3 rings (SSSR count). The maximum atomic E-state index is 12.4. The number of benzene rings is 1. The molecule has 1 aromatic heterocycles. The highest BCUT2D eigenvalue weighted by Crippen LogP contribution is 2.36. The van der Waals surface area contributed by atoms with Gasteiger partial charge in [0.05, 0.1) is 37.7 Å². The Morgan fingerprint density at radius 1 is 1.32 bits per heavy atom. The van der Waals surface area contributed by atoms with Crippen LogP contribution in [-0.2, 0) is 16.6 Å². The van der Waals surface area contributed by atoms with Gasteiger partial charge in [-0.15, -0.1) is 0 Å². The Labute approximate surface area is 145 Å². The fourth-order valence-corrected chi connectivity index (χ4v) is 2.85. The summed E-state index contributed by atoms with van der Waals surface area (Å²) in [6, 6.07) is 5.23. The first-order chi connectivity index (χ1) is 12.0. The Morgan fingerprint density at radius 2 is 2.12 bits per heavy atom. The van der Waals surface area contributed by atoms with E-state index < -0.39 is 5.92 Å². The van der Waals surface area contributed by atoms with Crippen LogP contribution in [0.5, 0.6) is 11.5 Å². The summed E-state index contributed by atoms with van der Waals surface area (Å²) < 4.78 is 12.2. The van der Waals surface area contributed by atoms with Gasteiger partial charge < -0.3 is 19.7 Å². The molecule has 1 atom stereocenters. The number of ether oxygens (including phenoxy) is 2. The van der Waals surface area contributed by atoms with Crippen molar-refractivity contribution in [3.05, 3.63) is 30.6 Å². The molecule has 2 amide bonds. The van der Waals surface area contributed by atoms with Crippen LogP contribution in [0.25, 0.3) is 0 Å². The highest BCUT2D eigenvalue weighted by molar-refractivity contribution is 6.04. The van der Waals surface area contributed by atoms with E-state index in [1.54, 1.807) is 61.4 Å². The number of hydrogen-bond acceptors (Lipinski definition) is 5. The number of amides is 2. The molecule has 8 heteroatoms. The third-order valence-corrected chi connectivity index (χ3v) is 4.15. The van der Waals surface area contributed by atoms with Crippen LogP contribution >= 0.6 is 0 Å². The number of nitrogens with zero attached hydrogens (tertiary/aromatic N) is 3. The van der Waals surface area contributed by atoms with Crippen LogP contribution in [0, 0.1) is 5.92 Å². The Morgan fingerprint density at radius 3 is 2.76 bits per heavy atom. The van der Waals surface area contributed by atoms with Gasteiger partial charge in [0, 0.05) is 32.3 Å². The normalized spacial score (nSPS) is 16.8. The van der Waals surface area contributed by atoms with Crippen LogP contribution in [0.15, 0.2) is 30.6 Å². The summed E-state index contributed by atoms with van der Waals surface area (Å²) in [5.74, 6) is 0.404. The maximum absolute atomic E-state index is 12.4. The van der Waals surface area contributed by atoms with Crippen LogP contribution in [-0.4, -0.2) is 42.4 Å². The average Bonchev–Trinajstić information content (AvgIpc) is 3.19. The molecule has 2 aromatic rings. The summed E-state index contributed by atoms with van der Waals surface area (Å²) in [5.41, 5.74) is 1.21. The molecule has 25 heavy (non-hydrogen) atoms. The molecule has 0 bridgehead atoms. The van der Waals surface area contributed by atoms with E-state index in [1.807, 2.05) is 0 Å². The summed E-state index contributed by atoms with van der Waals surface area (Å²) in [5, 5.41) is 6.80. The van der Waals surface area contributed by atoms with Crippen LogP contribution in [0.1, 0.15) is 6.42 Å². The van der Waals surface area contributed by atoms with Crippen LogP contribution in [0.4, 0.5) is 11.4 Å². The van der Waals surface area contributed by atoms with Gasteiger partial charge >= 0.3 is 0 Å². The second-order valence-corrected chi connectivity index (χ2v) is 5.84. The molecule has 1 aromatic carbocycles. The minimum absolute atomic E-state index is 0.127. The number of rotatable bonds is 5. The lowest BCUT2D eigenvalue weighted by atomic mass is 10.1. The van der Waals surface area contributed by atoms with Crippen molar-refractivity contribution in [1.82, 2.24) is 9.78 Å². The molecule has 1 fully saturated rings. The Kier molecular flexibility index (Phi) is 4.60. The molecule has 0 saturated carbocycles. The second kappa shape index (κ2) is 6.84. The zero-order valence-electron chi connectivity index (χ0n) is 14.4. The molecule has 8 nitrogen and oxygen atoms in total. The van der Waals surface area contributed by atoms with Gasteiger partial charge in [-0.2, -0.15) is 5.10 Å². The van der Waals surface area contributed by atoms with Gasteiger partial charge in [0.2, 0.25) is 11.8 Å². The number of aromatic nitrogens is 2. The molecular weight excluding hydrogens is 324 g/mol. The molecule has 0 aliphatic carbocycles. The first kappa shape index (κ1) is 16.8. The fourth-order valence-electron chi connectivity index (χ4n) is 2.85. The van der Waals surface area contributed by atoms with Crippen molar-refractivity contribution in [2.24, 2.45) is 13.0 Å². The Bertz CT molecular complexity index is 802. The highest BCUT2D eigenvalue weighted by atomic mass is 16.5. The van der Waals surface area contributed by atoms with E-state index in [4.69, 9.17) is 9.47 Å². The molecular formula is C17H20N4O4. The SMILES string of the molecule is COc1ccc(OC)c(N2C[C@@H](C(=O)Nc3cnn(C)c3)CC2=O)c1. The number of anilines is 2. The number of aryl methyl sites for hydroxylation is 1. The zero-order chi connectivity index (χ0) is 18.0. The number of carbonyl (C=O) groups is 2. The van der Waals surface area contributed by atoms with Crippen molar-refractivity contribution in [3.8, 4) is 11.5 Å². The molecule has 1 aliphatic rings. The zero-order valence-corrected chi connectivity index (χ0v) is 14.4. The summed E-state index contributed by atoms with van der Waals surface area (Å²) in [7, 11) is 4.87. The smallest absolute Gasteiger partial charge is 0.229 e. The predicted molar refractivity (Wildman–Crippen MR) is 91.8 cm³/mol. The van der Waals surface area contributed by atoms with Crippen molar-refractivity contribution in [2.75, 3.05) is 31.0 Å². The predicted octanol–water partition coefficient (Wildman–Crippen LogP) is 1.43.